The molecule has 0 aliphatic carbocycles. The third kappa shape index (κ3) is 3.42. The molecule has 3 rings (SSSR count). The van der Waals surface area contributed by atoms with E-state index in [0.717, 1.165) is 30.2 Å². The molecule has 1 aliphatic heterocycles. The molecule has 0 saturated carbocycles. The Bertz CT molecular complexity index is 699. The number of rotatable bonds is 3. The highest BCUT2D eigenvalue weighted by molar-refractivity contribution is 5.96. The van der Waals surface area contributed by atoms with E-state index in [1.807, 2.05) is 30.3 Å². The van der Waals surface area contributed by atoms with Crippen LogP contribution in [0.5, 0.6) is 0 Å². The summed E-state index contributed by atoms with van der Waals surface area (Å²) in [5.74, 6) is -0.100. The van der Waals surface area contributed by atoms with Crippen LogP contribution in [-0.4, -0.2) is 34.8 Å². The molecule has 1 aliphatic rings. The fraction of sp³-hybridized carbons (Fsp3) is 0.353. The molecule has 5 heteroatoms. The molecule has 2 amide bonds. The van der Waals surface area contributed by atoms with Crippen LogP contribution in [0.3, 0.4) is 0 Å². The summed E-state index contributed by atoms with van der Waals surface area (Å²) in [4.78, 5) is 30.0. The summed E-state index contributed by atoms with van der Waals surface area (Å²) < 4.78 is 0. The fourth-order valence-electron chi connectivity index (χ4n) is 2.72. The third-order valence-corrected chi connectivity index (χ3v) is 3.88. The maximum atomic E-state index is 12.1. The molecule has 2 aromatic rings. The predicted octanol–water partition coefficient (Wildman–Crippen LogP) is 2.58. The zero-order chi connectivity index (χ0) is 15.4. The Morgan fingerprint density at radius 2 is 2.09 bits per heavy atom. The summed E-state index contributed by atoms with van der Waals surface area (Å²) in [6.45, 7) is 0.786. The van der Waals surface area contributed by atoms with Crippen molar-refractivity contribution in [2.45, 2.75) is 25.7 Å². The summed E-state index contributed by atoms with van der Waals surface area (Å²) in [5, 5.41) is 3.80. The van der Waals surface area contributed by atoms with E-state index >= 15 is 0 Å². The number of para-hydroxylation sites is 1. The number of benzene rings is 1. The van der Waals surface area contributed by atoms with Crippen LogP contribution in [0, 0.1) is 0 Å². The first-order valence-corrected chi connectivity index (χ1v) is 7.65. The Morgan fingerprint density at radius 1 is 1.23 bits per heavy atom. The minimum Gasteiger partial charge on any atom is -0.333 e. The van der Waals surface area contributed by atoms with Gasteiger partial charge in [0.15, 0.2) is 0 Å². The second kappa shape index (κ2) is 6.56. The Hall–Kier alpha value is -2.43. The smallest absolute Gasteiger partial charge is 0.244 e. The molecule has 0 atom stereocenters. The second-order valence-electron chi connectivity index (χ2n) is 5.59. The molecule has 1 fully saturated rings. The highest BCUT2D eigenvalue weighted by atomic mass is 16.2. The summed E-state index contributed by atoms with van der Waals surface area (Å²) in [6, 6.07) is 9.64. The summed E-state index contributed by atoms with van der Waals surface area (Å²) in [6.07, 6.45) is 5.13. The first kappa shape index (κ1) is 14.5. The van der Waals surface area contributed by atoms with Gasteiger partial charge in [-0.05, 0) is 25.0 Å². The maximum Gasteiger partial charge on any atom is 0.244 e. The van der Waals surface area contributed by atoms with Gasteiger partial charge in [0.25, 0.3) is 0 Å². The Kier molecular flexibility index (Phi) is 4.32. The Labute approximate surface area is 129 Å². The van der Waals surface area contributed by atoms with Crippen molar-refractivity contribution in [2.24, 2.45) is 0 Å². The number of hydrogen-bond donors (Lipinski definition) is 1. The van der Waals surface area contributed by atoms with Gasteiger partial charge in [-0.1, -0.05) is 24.6 Å². The molecule has 22 heavy (non-hydrogen) atoms. The molecule has 0 spiro atoms. The van der Waals surface area contributed by atoms with Crippen LogP contribution < -0.4 is 5.32 Å². The van der Waals surface area contributed by atoms with Gasteiger partial charge >= 0.3 is 0 Å². The number of amides is 2. The van der Waals surface area contributed by atoms with Crippen LogP contribution in [0.15, 0.2) is 36.5 Å². The number of nitrogens with zero attached hydrogens (tertiary/aromatic N) is 2. The van der Waals surface area contributed by atoms with Gasteiger partial charge in [-0.2, -0.15) is 0 Å². The zero-order valence-corrected chi connectivity index (χ0v) is 12.4. The number of hydrogen-bond acceptors (Lipinski definition) is 3. The van der Waals surface area contributed by atoms with Crippen LogP contribution >= 0.6 is 0 Å². The van der Waals surface area contributed by atoms with E-state index in [1.165, 1.54) is 0 Å². The Balaban J connectivity index is 1.66. The SMILES string of the molecule is O=C(CN1CCCCCC1=O)Nc1cnc2ccccc2c1. The number of likely N-dealkylation sites (tertiary alicyclic amines) is 1. The number of aromatic nitrogens is 1. The fourth-order valence-corrected chi connectivity index (χ4v) is 2.72. The van der Waals surface area contributed by atoms with Crippen molar-refractivity contribution in [2.75, 3.05) is 18.4 Å². The van der Waals surface area contributed by atoms with E-state index in [0.29, 0.717) is 18.7 Å². The average Bonchev–Trinajstić information content (AvgIpc) is 2.72. The van der Waals surface area contributed by atoms with Crippen LogP contribution in [0.4, 0.5) is 5.69 Å². The quantitative estimate of drug-likeness (QED) is 0.947. The van der Waals surface area contributed by atoms with Gasteiger partial charge in [0, 0.05) is 18.4 Å². The van der Waals surface area contributed by atoms with E-state index in [1.54, 1.807) is 11.1 Å². The summed E-state index contributed by atoms with van der Waals surface area (Å²) >= 11 is 0. The highest BCUT2D eigenvalue weighted by Crippen LogP contribution is 2.16. The lowest BCUT2D eigenvalue weighted by Gasteiger charge is -2.19. The summed E-state index contributed by atoms with van der Waals surface area (Å²) in [7, 11) is 0. The van der Waals surface area contributed by atoms with Crippen molar-refractivity contribution >= 4 is 28.4 Å². The van der Waals surface area contributed by atoms with Gasteiger partial charge in [0.1, 0.15) is 0 Å². The van der Waals surface area contributed by atoms with E-state index in [-0.39, 0.29) is 18.4 Å². The number of pyridine rings is 1. The van der Waals surface area contributed by atoms with Gasteiger partial charge in [-0.3, -0.25) is 14.6 Å². The van der Waals surface area contributed by atoms with Gasteiger partial charge in [0.05, 0.1) is 23.9 Å². The molecule has 1 N–H and O–H groups in total. The van der Waals surface area contributed by atoms with Crippen LogP contribution in [0.25, 0.3) is 10.9 Å². The van der Waals surface area contributed by atoms with Crippen molar-refractivity contribution in [3.8, 4) is 0 Å². The maximum absolute atomic E-state index is 12.1. The first-order chi connectivity index (χ1) is 10.7. The van der Waals surface area contributed by atoms with Gasteiger partial charge in [0.2, 0.25) is 11.8 Å². The standard InChI is InChI=1S/C17H19N3O2/c21-16(12-20-9-5-1-2-8-17(20)22)19-14-10-13-6-3-4-7-15(13)18-11-14/h3-4,6-7,10-11H,1-2,5,8-9,12H2,(H,19,21). The number of fused-ring (bicyclic) bond motifs is 1. The molecule has 2 heterocycles. The van der Waals surface area contributed by atoms with Crippen molar-refractivity contribution in [1.29, 1.82) is 0 Å². The third-order valence-electron chi connectivity index (χ3n) is 3.88. The van der Waals surface area contributed by atoms with Gasteiger partial charge in [-0.25, -0.2) is 0 Å². The molecule has 114 valence electrons. The minimum absolute atomic E-state index is 0.0734. The van der Waals surface area contributed by atoms with Crippen molar-refractivity contribution in [3.05, 3.63) is 36.5 Å². The van der Waals surface area contributed by atoms with Crippen LogP contribution in [0.1, 0.15) is 25.7 Å². The van der Waals surface area contributed by atoms with Gasteiger partial charge in [-0.15, -0.1) is 0 Å². The summed E-state index contributed by atoms with van der Waals surface area (Å²) in [5.41, 5.74) is 1.55. The highest BCUT2D eigenvalue weighted by Gasteiger charge is 2.19. The topological polar surface area (TPSA) is 62.3 Å². The number of anilines is 1. The molecule has 1 aromatic heterocycles. The number of carbonyl (C=O) groups is 2. The molecule has 0 bridgehead atoms. The lowest BCUT2D eigenvalue weighted by molar-refractivity contribution is -0.134. The average molecular weight is 297 g/mol. The first-order valence-electron chi connectivity index (χ1n) is 7.65. The van der Waals surface area contributed by atoms with Crippen molar-refractivity contribution in [1.82, 2.24) is 9.88 Å². The van der Waals surface area contributed by atoms with Crippen molar-refractivity contribution < 1.29 is 9.59 Å². The number of carbonyl (C=O) groups excluding carboxylic acids is 2. The predicted molar refractivity (Wildman–Crippen MR) is 85.4 cm³/mol. The molecular weight excluding hydrogens is 278 g/mol. The normalized spacial score (nSPS) is 15.6. The number of nitrogens with one attached hydrogen (secondary N) is 1. The molecular formula is C17H19N3O2. The molecule has 5 nitrogen and oxygen atoms in total. The monoisotopic (exact) mass is 297 g/mol. The Morgan fingerprint density at radius 3 is 3.00 bits per heavy atom. The molecule has 1 aromatic carbocycles. The lowest BCUT2D eigenvalue weighted by Crippen LogP contribution is -2.37. The van der Waals surface area contributed by atoms with Crippen LogP contribution in [-0.2, 0) is 9.59 Å². The van der Waals surface area contributed by atoms with E-state index in [2.05, 4.69) is 10.3 Å². The van der Waals surface area contributed by atoms with Crippen molar-refractivity contribution in [3.63, 3.8) is 0 Å². The lowest BCUT2D eigenvalue weighted by atomic mass is 10.2. The van der Waals surface area contributed by atoms with Gasteiger partial charge < -0.3 is 10.2 Å². The molecule has 0 radical (unpaired) electrons. The second-order valence-corrected chi connectivity index (χ2v) is 5.59. The molecule has 1 saturated heterocycles. The molecule has 0 unspecified atom stereocenters. The van der Waals surface area contributed by atoms with E-state index in [9.17, 15) is 9.59 Å². The van der Waals surface area contributed by atoms with E-state index < -0.39 is 0 Å². The largest absolute Gasteiger partial charge is 0.333 e. The minimum atomic E-state index is -0.174. The zero-order valence-electron chi connectivity index (χ0n) is 12.4. The van der Waals surface area contributed by atoms with E-state index in [4.69, 9.17) is 0 Å². The van der Waals surface area contributed by atoms with Crippen LogP contribution in [0.2, 0.25) is 0 Å².